The molecule has 0 aliphatic carbocycles. The fraction of sp³-hybridized carbons (Fsp3) is 0.667. The van der Waals surface area contributed by atoms with E-state index in [1.165, 1.54) is 21.3 Å². The Kier molecular flexibility index (Phi) is 30.6. The van der Waals surface area contributed by atoms with E-state index >= 15 is 0 Å². The van der Waals surface area contributed by atoms with Gasteiger partial charge in [-0.05, 0) is 0 Å². The second kappa shape index (κ2) is 22.0. The maximum atomic E-state index is 9.36. The van der Waals surface area contributed by atoms with Crippen LogP contribution in [-0.4, -0.2) is 76.4 Å². The van der Waals surface area contributed by atoms with Crippen LogP contribution in [0.4, 0.5) is 0 Å². The third-order valence-corrected chi connectivity index (χ3v) is 0.787. The fourth-order valence-corrected chi connectivity index (χ4v) is 0.354. The number of rotatable bonds is 6. The minimum Gasteiger partial charge on any atom is -0.548 e. The standard InChI is InChI=1S/3C3H6O3.Al/c3*1-6-2-3(4)5;/h3*2H2,1H3,(H,4,5);/q;;;+3/p-3. The molecule has 0 bridgehead atoms. The van der Waals surface area contributed by atoms with Gasteiger partial charge in [0.05, 0.1) is 37.7 Å². The van der Waals surface area contributed by atoms with Crippen LogP contribution in [-0.2, 0) is 28.6 Å². The van der Waals surface area contributed by atoms with Crippen LogP contribution in [0.25, 0.3) is 0 Å². The van der Waals surface area contributed by atoms with Crippen LogP contribution >= 0.6 is 0 Å². The van der Waals surface area contributed by atoms with Gasteiger partial charge in [-0.2, -0.15) is 0 Å². The first-order valence-corrected chi connectivity index (χ1v) is 4.38. The smallest absolute Gasteiger partial charge is 0.548 e. The van der Waals surface area contributed by atoms with Crippen LogP contribution in [0, 0.1) is 0 Å². The Labute approximate surface area is 121 Å². The first-order valence-electron chi connectivity index (χ1n) is 4.38. The average molecular weight is 294 g/mol. The van der Waals surface area contributed by atoms with E-state index in [1.807, 2.05) is 0 Å². The fourth-order valence-electron chi connectivity index (χ4n) is 0.354. The summed E-state index contributed by atoms with van der Waals surface area (Å²) in [5.74, 6) is -3.55. The molecule has 0 aliphatic heterocycles. The van der Waals surface area contributed by atoms with Crippen molar-refractivity contribution < 1.29 is 43.9 Å². The van der Waals surface area contributed by atoms with Crippen molar-refractivity contribution in [1.82, 2.24) is 0 Å². The van der Waals surface area contributed by atoms with Crippen molar-refractivity contribution in [2.45, 2.75) is 0 Å². The molecule has 0 spiro atoms. The van der Waals surface area contributed by atoms with Crippen molar-refractivity contribution in [3.63, 3.8) is 0 Å². The quantitative estimate of drug-likeness (QED) is 0.438. The minimum atomic E-state index is -1.18. The van der Waals surface area contributed by atoms with Gasteiger partial charge in [0, 0.05) is 21.3 Å². The number of aliphatic carboxylic acids is 3. The molecule has 0 radical (unpaired) electrons. The van der Waals surface area contributed by atoms with Crippen molar-refractivity contribution in [2.24, 2.45) is 0 Å². The molecule has 0 amide bonds. The van der Waals surface area contributed by atoms with Crippen molar-refractivity contribution >= 4 is 35.3 Å². The number of carboxylic acid groups (broad SMARTS) is 3. The van der Waals surface area contributed by atoms with Crippen LogP contribution in [0.5, 0.6) is 0 Å². The number of ether oxygens (including phenoxy) is 3. The van der Waals surface area contributed by atoms with E-state index in [-0.39, 0.29) is 37.2 Å². The van der Waals surface area contributed by atoms with Crippen molar-refractivity contribution in [3.05, 3.63) is 0 Å². The first-order chi connectivity index (χ1) is 8.31. The Morgan fingerprint density at radius 3 is 0.842 bits per heavy atom. The minimum absolute atomic E-state index is 0. The number of hydrogen-bond acceptors (Lipinski definition) is 9. The van der Waals surface area contributed by atoms with Gasteiger partial charge < -0.3 is 43.9 Å². The molecule has 0 atom stereocenters. The van der Waals surface area contributed by atoms with E-state index in [9.17, 15) is 29.7 Å². The molecule has 0 fully saturated rings. The van der Waals surface area contributed by atoms with Crippen molar-refractivity contribution in [2.75, 3.05) is 41.2 Å². The summed E-state index contributed by atoms with van der Waals surface area (Å²) in [5, 5.41) is 28.1. The van der Waals surface area contributed by atoms with Gasteiger partial charge >= 0.3 is 17.4 Å². The predicted octanol–water partition coefficient (Wildman–Crippen LogP) is -5.23. The van der Waals surface area contributed by atoms with Gasteiger partial charge in [-0.25, -0.2) is 0 Å². The Balaban J connectivity index is -0.0000000865. The molecule has 0 aromatic carbocycles. The van der Waals surface area contributed by atoms with Crippen LogP contribution in [0.3, 0.4) is 0 Å². The summed E-state index contributed by atoms with van der Waals surface area (Å²) >= 11 is 0. The molecule has 0 rings (SSSR count). The predicted molar refractivity (Wildman–Crippen MR) is 56.4 cm³/mol. The molecule has 9 nitrogen and oxygen atoms in total. The average Bonchev–Trinajstić information content (AvgIpc) is 2.18. The Morgan fingerprint density at radius 2 is 0.842 bits per heavy atom. The van der Waals surface area contributed by atoms with Crippen LogP contribution in [0.1, 0.15) is 0 Å². The molecule has 0 N–H and O–H groups in total. The zero-order valence-electron chi connectivity index (χ0n) is 10.9. The molecule has 0 heterocycles. The number of carbonyl (C=O) groups is 3. The zero-order valence-corrected chi connectivity index (χ0v) is 12.0. The molecule has 108 valence electrons. The third kappa shape index (κ3) is 60.4. The molecule has 19 heavy (non-hydrogen) atoms. The van der Waals surface area contributed by atoms with Crippen LogP contribution in [0.15, 0.2) is 0 Å². The summed E-state index contributed by atoms with van der Waals surface area (Å²) in [7, 11) is 3.90. The molecule has 0 aromatic rings. The molecule has 0 aliphatic rings. The second-order valence-corrected chi connectivity index (χ2v) is 2.42. The van der Waals surface area contributed by atoms with Crippen molar-refractivity contribution in [1.29, 1.82) is 0 Å². The molecular weight excluding hydrogens is 279 g/mol. The van der Waals surface area contributed by atoms with Crippen molar-refractivity contribution in [3.8, 4) is 0 Å². The van der Waals surface area contributed by atoms with Gasteiger partial charge in [-0.3, -0.25) is 0 Å². The number of hydrogen-bond donors (Lipinski definition) is 0. The van der Waals surface area contributed by atoms with E-state index < -0.39 is 17.9 Å². The summed E-state index contributed by atoms with van der Waals surface area (Å²) in [5.41, 5.74) is 0. The van der Waals surface area contributed by atoms with E-state index in [0.29, 0.717) is 0 Å². The van der Waals surface area contributed by atoms with E-state index in [2.05, 4.69) is 14.2 Å². The SMILES string of the molecule is COCC(=O)[O-].COCC(=O)[O-].COCC(=O)[O-].[Al+3]. The van der Waals surface area contributed by atoms with Crippen LogP contribution < -0.4 is 15.3 Å². The maximum Gasteiger partial charge on any atom is 3.00 e. The summed E-state index contributed by atoms with van der Waals surface area (Å²) in [6.45, 7) is -0.958. The van der Waals surface area contributed by atoms with Gasteiger partial charge in [0.2, 0.25) is 0 Å². The van der Waals surface area contributed by atoms with E-state index in [0.717, 1.165) is 0 Å². The van der Waals surface area contributed by atoms with Gasteiger partial charge in [0.15, 0.2) is 0 Å². The molecule has 0 saturated carbocycles. The number of carboxylic acids is 3. The first kappa shape index (κ1) is 26.4. The van der Waals surface area contributed by atoms with Gasteiger partial charge in [-0.15, -0.1) is 0 Å². The monoisotopic (exact) mass is 294 g/mol. The summed E-state index contributed by atoms with van der Waals surface area (Å²) in [6.07, 6.45) is 0. The summed E-state index contributed by atoms with van der Waals surface area (Å²) in [4.78, 5) is 28.1. The Bertz CT molecular complexity index is 194. The molecular formula is C9H15AlO9. The largest absolute Gasteiger partial charge is 3.00 e. The summed E-state index contributed by atoms with van der Waals surface area (Å²) in [6, 6.07) is 0. The van der Waals surface area contributed by atoms with Gasteiger partial charge in [0.25, 0.3) is 0 Å². The molecule has 0 unspecified atom stereocenters. The number of carbonyl (C=O) groups excluding carboxylic acids is 3. The topological polar surface area (TPSA) is 148 Å². The molecule has 0 aromatic heterocycles. The zero-order chi connectivity index (χ0) is 15.0. The van der Waals surface area contributed by atoms with Gasteiger partial charge in [0.1, 0.15) is 0 Å². The van der Waals surface area contributed by atoms with E-state index in [1.54, 1.807) is 0 Å². The molecule has 10 heteroatoms. The normalized spacial score (nSPS) is 7.74. The van der Waals surface area contributed by atoms with Gasteiger partial charge in [-0.1, -0.05) is 0 Å². The second-order valence-electron chi connectivity index (χ2n) is 2.42. The number of methoxy groups -OCH3 is 3. The maximum absolute atomic E-state index is 9.36. The Hall–Kier alpha value is -1.18. The molecule has 0 saturated heterocycles. The van der Waals surface area contributed by atoms with E-state index in [4.69, 9.17) is 0 Å². The Morgan fingerprint density at radius 1 is 0.684 bits per heavy atom. The summed E-state index contributed by atoms with van der Waals surface area (Å²) < 4.78 is 12.4. The van der Waals surface area contributed by atoms with Crippen LogP contribution in [0.2, 0.25) is 0 Å². The third-order valence-electron chi connectivity index (χ3n) is 0.787.